The molecule has 2 heterocycles. The van der Waals surface area contributed by atoms with Crippen molar-refractivity contribution >= 4 is 6.41 Å². The second kappa shape index (κ2) is 3.05. The van der Waals surface area contributed by atoms with Crippen molar-refractivity contribution in [1.29, 1.82) is 0 Å². The van der Waals surface area contributed by atoms with E-state index in [0.29, 0.717) is 12.0 Å². The molecule has 12 heavy (non-hydrogen) atoms. The van der Waals surface area contributed by atoms with Gasteiger partial charge in [0.15, 0.2) is 0 Å². The molecule has 2 rings (SSSR count). The topological polar surface area (TPSA) is 32.3 Å². The highest BCUT2D eigenvalue weighted by molar-refractivity contribution is 5.48. The van der Waals surface area contributed by atoms with Crippen molar-refractivity contribution in [3.63, 3.8) is 0 Å². The predicted octanol–water partition coefficient (Wildman–Crippen LogP) is 0.0726. The Morgan fingerprint density at radius 1 is 1.42 bits per heavy atom. The van der Waals surface area contributed by atoms with E-state index in [2.05, 4.69) is 12.2 Å². The van der Waals surface area contributed by atoms with Crippen molar-refractivity contribution in [3.8, 4) is 0 Å². The number of amides is 1. The number of nitrogens with one attached hydrogen (secondary N) is 1. The molecule has 1 N–H and O–H groups in total. The van der Waals surface area contributed by atoms with E-state index in [4.69, 9.17) is 0 Å². The smallest absolute Gasteiger partial charge is 0.209 e. The molecule has 0 unspecified atom stereocenters. The number of likely N-dealkylation sites (tertiary alicyclic amines) is 1. The van der Waals surface area contributed by atoms with Crippen LogP contribution in [-0.2, 0) is 4.79 Å². The maximum Gasteiger partial charge on any atom is 0.209 e. The molecule has 0 aliphatic carbocycles. The van der Waals surface area contributed by atoms with Gasteiger partial charge in [-0.2, -0.15) is 0 Å². The zero-order valence-corrected chi connectivity index (χ0v) is 7.49. The monoisotopic (exact) mass is 168 g/mol. The highest BCUT2D eigenvalue weighted by Gasteiger charge is 2.35. The van der Waals surface area contributed by atoms with Crippen LogP contribution in [0.4, 0.5) is 0 Å². The normalized spacial score (nSPS) is 41.1. The van der Waals surface area contributed by atoms with Gasteiger partial charge in [-0.25, -0.2) is 0 Å². The van der Waals surface area contributed by atoms with E-state index < -0.39 is 0 Å². The minimum Gasteiger partial charge on any atom is -0.342 e. The second-order valence-electron chi connectivity index (χ2n) is 4.07. The van der Waals surface area contributed by atoms with E-state index in [-0.39, 0.29) is 0 Å². The summed E-state index contributed by atoms with van der Waals surface area (Å²) >= 11 is 0. The lowest BCUT2D eigenvalue weighted by atomic mass is 9.85. The molecule has 0 aromatic heterocycles. The standard InChI is InChI=1S/C9H16N2O/c1-7-2-8-3-10-4-9(8)5-11(7)6-12/h6-10H,2-5H2,1H3/t7-,8+,9+/m1/s1. The van der Waals surface area contributed by atoms with Gasteiger partial charge in [0, 0.05) is 12.6 Å². The molecule has 2 aliphatic rings. The molecule has 68 valence electrons. The van der Waals surface area contributed by atoms with E-state index in [0.717, 1.165) is 32.0 Å². The highest BCUT2D eigenvalue weighted by atomic mass is 16.1. The summed E-state index contributed by atoms with van der Waals surface area (Å²) in [5.41, 5.74) is 0. The number of hydrogen-bond acceptors (Lipinski definition) is 2. The molecule has 3 atom stereocenters. The third-order valence-electron chi connectivity index (χ3n) is 3.27. The van der Waals surface area contributed by atoms with Gasteiger partial charge in [-0.05, 0) is 38.3 Å². The van der Waals surface area contributed by atoms with E-state index >= 15 is 0 Å². The van der Waals surface area contributed by atoms with Crippen LogP contribution in [0.2, 0.25) is 0 Å². The largest absolute Gasteiger partial charge is 0.342 e. The lowest BCUT2D eigenvalue weighted by molar-refractivity contribution is -0.122. The molecule has 3 nitrogen and oxygen atoms in total. The minimum absolute atomic E-state index is 0.448. The summed E-state index contributed by atoms with van der Waals surface area (Å²) in [6.07, 6.45) is 2.18. The molecule has 1 amide bonds. The number of piperidine rings is 1. The molecule has 0 aromatic carbocycles. The molecule has 0 aromatic rings. The number of rotatable bonds is 1. The van der Waals surface area contributed by atoms with E-state index in [1.165, 1.54) is 6.42 Å². The third-order valence-corrected chi connectivity index (χ3v) is 3.27. The predicted molar refractivity (Wildman–Crippen MR) is 46.7 cm³/mol. The molecule has 0 bridgehead atoms. The number of nitrogens with zero attached hydrogens (tertiary/aromatic N) is 1. The van der Waals surface area contributed by atoms with Crippen LogP contribution in [0.5, 0.6) is 0 Å². The summed E-state index contributed by atoms with van der Waals surface area (Å²) < 4.78 is 0. The van der Waals surface area contributed by atoms with Crippen LogP contribution in [0, 0.1) is 11.8 Å². The second-order valence-corrected chi connectivity index (χ2v) is 4.07. The number of hydrogen-bond donors (Lipinski definition) is 1. The minimum atomic E-state index is 0.448. The zero-order valence-electron chi connectivity index (χ0n) is 7.49. The zero-order chi connectivity index (χ0) is 8.55. The van der Waals surface area contributed by atoms with Crippen molar-refractivity contribution < 1.29 is 4.79 Å². The molecule has 3 heteroatoms. The maximum absolute atomic E-state index is 10.7. The summed E-state index contributed by atoms with van der Waals surface area (Å²) in [5, 5.41) is 3.39. The van der Waals surface area contributed by atoms with Gasteiger partial charge in [-0.15, -0.1) is 0 Å². The SMILES string of the molecule is C[C@@H]1C[C@H]2CNC[C@H]2CN1C=O. The Hall–Kier alpha value is -0.570. The average molecular weight is 168 g/mol. The van der Waals surface area contributed by atoms with Crippen molar-refractivity contribution in [3.05, 3.63) is 0 Å². The lowest BCUT2D eigenvalue weighted by Gasteiger charge is -2.37. The molecule has 2 fully saturated rings. The number of carbonyl (C=O) groups is 1. The lowest BCUT2D eigenvalue weighted by Crippen LogP contribution is -2.44. The van der Waals surface area contributed by atoms with Gasteiger partial charge in [-0.1, -0.05) is 0 Å². The van der Waals surface area contributed by atoms with Crippen molar-refractivity contribution in [2.45, 2.75) is 19.4 Å². The summed E-state index contributed by atoms with van der Waals surface area (Å²) in [5.74, 6) is 1.53. The van der Waals surface area contributed by atoms with Gasteiger partial charge in [0.1, 0.15) is 0 Å². The van der Waals surface area contributed by atoms with Crippen LogP contribution in [0.25, 0.3) is 0 Å². The third kappa shape index (κ3) is 1.22. The van der Waals surface area contributed by atoms with E-state index in [9.17, 15) is 4.79 Å². The molecular formula is C9H16N2O. The summed E-state index contributed by atoms with van der Waals surface area (Å²) in [7, 11) is 0. The Balaban J connectivity index is 2.03. The van der Waals surface area contributed by atoms with Crippen LogP contribution in [0.15, 0.2) is 0 Å². The Labute approximate surface area is 73.1 Å². The first kappa shape index (κ1) is 8.05. The Morgan fingerprint density at radius 3 is 2.92 bits per heavy atom. The van der Waals surface area contributed by atoms with Gasteiger partial charge < -0.3 is 10.2 Å². The van der Waals surface area contributed by atoms with Gasteiger partial charge in [0.2, 0.25) is 6.41 Å². The quantitative estimate of drug-likeness (QED) is 0.562. The Kier molecular flexibility index (Phi) is 2.05. The molecule has 0 saturated carbocycles. The van der Waals surface area contributed by atoms with Crippen LogP contribution in [0.1, 0.15) is 13.3 Å². The van der Waals surface area contributed by atoms with E-state index in [1.807, 2.05) is 4.90 Å². The van der Waals surface area contributed by atoms with Crippen LogP contribution in [-0.4, -0.2) is 37.0 Å². The Morgan fingerprint density at radius 2 is 2.17 bits per heavy atom. The van der Waals surface area contributed by atoms with Gasteiger partial charge in [0.25, 0.3) is 0 Å². The van der Waals surface area contributed by atoms with Crippen molar-refractivity contribution in [1.82, 2.24) is 10.2 Å². The molecule has 0 radical (unpaired) electrons. The van der Waals surface area contributed by atoms with Crippen LogP contribution < -0.4 is 5.32 Å². The number of carbonyl (C=O) groups excluding carboxylic acids is 1. The molecule has 0 spiro atoms. The maximum atomic E-state index is 10.7. The molecule has 2 aliphatic heterocycles. The van der Waals surface area contributed by atoms with Gasteiger partial charge in [0.05, 0.1) is 0 Å². The summed E-state index contributed by atoms with van der Waals surface area (Å²) in [6, 6.07) is 0.448. The molecular weight excluding hydrogens is 152 g/mol. The van der Waals surface area contributed by atoms with Crippen molar-refractivity contribution in [2.75, 3.05) is 19.6 Å². The van der Waals surface area contributed by atoms with Gasteiger partial charge in [-0.3, -0.25) is 4.79 Å². The summed E-state index contributed by atoms with van der Waals surface area (Å²) in [4.78, 5) is 12.6. The van der Waals surface area contributed by atoms with Crippen molar-refractivity contribution in [2.24, 2.45) is 11.8 Å². The van der Waals surface area contributed by atoms with Crippen LogP contribution >= 0.6 is 0 Å². The van der Waals surface area contributed by atoms with E-state index in [1.54, 1.807) is 0 Å². The van der Waals surface area contributed by atoms with Gasteiger partial charge >= 0.3 is 0 Å². The Bertz CT molecular complexity index is 183. The summed E-state index contributed by atoms with van der Waals surface area (Å²) in [6.45, 7) is 5.36. The fourth-order valence-corrected chi connectivity index (χ4v) is 2.45. The average Bonchev–Trinajstić information content (AvgIpc) is 2.49. The van der Waals surface area contributed by atoms with Crippen LogP contribution in [0.3, 0.4) is 0 Å². The fourth-order valence-electron chi connectivity index (χ4n) is 2.45. The first-order chi connectivity index (χ1) is 5.81. The highest BCUT2D eigenvalue weighted by Crippen LogP contribution is 2.29. The first-order valence-corrected chi connectivity index (χ1v) is 4.73. The number of fused-ring (bicyclic) bond motifs is 1. The fraction of sp³-hybridized carbons (Fsp3) is 0.889. The molecule has 2 saturated heterocycles. The first-order valence-electron chi connectivity index (χ1n) is 4.73.